The highest BCUT2D eigenvalue weighted by Gasteiger charge is 2.27. The number of fused-ring (bicyclic) bond motifs is 1. The Morgan fingerprint density at radius 3 is 2.67 bits per heavy atom. The Morgan fingerprint density at radius 1 is 1.29 bits per heavy atom. The second-order valence-corrected chi connectivity index (χ2v) is 7.38. The molecule has 116 valence electrons. The van der Waals surface area contributed by atoms with Crippen LogP contribution in [0.15, 0.2) is 23.1 Å². The lowest BCUT2D eigenvalue weighted by Crippen LogP contribution is -2.38. The zero-order valence-electron chi connectivity index (χ0n) is 12.6. The van der Waals surface area contributed by atoms with E-state index >= 15 is 0 Å². The van der Waals surface area contributed by atoms with Crippen LogP contribution in [0.1, 0.15) is 11.1 Å². The summed E-state index contributed by atoms with van der Waals surface area (Å²) in [6.45, 7) is 1.29. The third kappa shape index (κ3) is 3.25. The smallest absolute Gasteiger partial charge is 0.243 e. The molecule has 0 aliphatic carbocycles. The van der Waals surface area contributed by atoms with Crippen molar-refractivity contribution in [3.05, 3.63) is 29.3 Å². The third-order valence-electron chi connectivity index (χ3n) is 3.64. The number of sulfonamides is 1. The molecule has 21 heavy (non-hydrogen) atoms. The van der Waals surface area contributed by atoms with Gasteiger partial charge in [0, 0.05) is 27.7 Å². The van der Waals surface area contributed by atoms with Crippen molar-refractivity contribution in [2.24, 2.45) is 0 Å². The first-order chi connectivity index (χ1) is 9.84. The van der Waals surface area contributed by atoms with Gasteiger partial charge in [-0.25, -0.2) is 8.42 Å². The van der Waals surface area contributed by atoms with Crippen molar-refractivity contribution in [2.45, 2.75) is 17.9 Å². The summed E-state index contributed by atoms with van der Waals surface area (Å²) in [4.78, 5) is 13.4. The number of carbonyl (C=O) groups is 1. The molecule has 0 radical (unpaired) electrons. The molecule has 0 atom stereocenters. The summed E-state index contributed by atoms with van der Waals surface area (Å²) in [6.07, 6.45) is 0.681. The molecule has 0 saturated heterocycles. The minimum absolute atomic E-state index is 0.156. The van der Waals surface area contributed by atoms with Crippen molar-refractivity contribution < 1.29 is 13.2 Å². The van der Waals surface area contributed by atoms with Crippen LogP contribution in [0.2, 0.25) is 0 Å². The molecule has 1 aliphatic heterocycles. The standard InChI is InChI=1S/C14H21N3O3S/c1-16(2)14(18)10-17(3)21(19,20)13-6-4-5-11-9-15-8-7-12(11)13/h4-6,15H,7-10H2,1-3H3. The van der Waals surface area contributed by atoms with Gasteiger partial charge in [0.25, 0.3) is 0 Å². The summed E-state index contributed by atoms with van der Waals surface area (Å²) in [6, 6.07) is 5.31. The van der Waals surface area contributed by atoms with Gasteiger partial charge in [0.15, 0.2) is 0 Å². The molecule has 0 saturated carbocycles. The molecular formula is C14H21N3O3S. The lowest BCUT2D eigenvalue weighted by atomic mass is 10.0. The van der Waals surface area contributed by atoms with E-state index in [-0.39, 0.29) is 12.5 Å². The zero-order valence-corrected chi connectivity index (χ0v) is 13.4. The van der Waals surface area contributed by atoms with Gasteiger partial charge in [-0.1, -0.05) is 12.1 Å². The summed E-state index contributed by atoms with van der Waals surface area (Å²) in [5, 5.41) is 3.23. The van der Waals surface area contributed by atoms with Crippen LogP contribution in [-0.2, 0) is 27.8 Å². The van der Waals surface area contributed by atoms with E-state index < -0.39 is 10.0 Å². The first kappa shape index (κ1) is 15.9. The zero-order chi connectivity index (χ0) is 15.6. The Morgan fingerprint density at radius 2 is 2.00 bits per heavy atom. The van der Waals surface area contributed by atoms with Crippen LogP contribution in [0, 0.1) is 0 Å². The van der Waals surface area contributed by atoms with Crippen LogP contribution in [0.25, 0.3) is 0 Å². The number of hydrogen-bond donors (Lipinski definition) is 1. The van der Waals surface area contributed by atoms with Crippen molar-refractivity contribution in [1.29, 1.82) is 0 Å². The molecule has 1 aromatic rings. The second-order valence-electron chi connectivity index (χ2n) is 5.37. The first-order valence-electron chi connectivity index (χ1n) is 6.82. The maximum atomic E-state index is 12.7. The van der Waals surface area contributed by atoms with Crippen LogP contribution >= 0.6 is 0 Å². The molecule has 1 aromatic carbocycles. The molecule has 1 heterocycles. The predicted molar refractivity (Wildman–Crippen MR) is 80.4 cm³/mol. The molecule has 0 unspecified atom stereocenters. The minimum Gasteiger partial charge on any atom is -0.348 e. The van der Waals surface area contributed by atoms with Crippen LogP contribution in [-0.4, -0.2) is 57.8 Å². The van der Waals surface area contributed by atoms with E-state index in [1.807, 2.05) is 6.07 Å². The van der Waals surface area contributed by atoms with E-state index in [1.165, 1.54) is 11.9 Å². The molecule has 0 bridgehead atoms. The highest BCUT2D eigenvalue weighted by Crippen LogP contribution is 2.25. The van der Waals surface area contributed by atoms with E-state index in [9.17, 15) is 13.2 Å². The van der Waals surface area contributed by atoms with Crippen LogP contribution < -0.4 is 5.32 Å². The average molecular weight is 311 g/mol. The molecule has 1 amide bonds. The normalized spacial score (nSPS) is 14.9. The molecule has 0 spiro atoms. The number of nitrogens with zero attached hydrogens (tertiary/aromatic N) is 2. The SMILES string of the molecule is CN(C)C(=O)CN(C)S(=O)(=O)c1cccc2c1CCNC2. The summed E-state index contributed by atoms with van der Waals surface area (Å²) in [5.74, 6) is -0.243. The van der Waals surface area contributed by atoms with Crippen molar-refractivity contribution in [1.82, 2.24) is 14.5 Å². The van der Waals surface area contributed by atoms with E-state index in [1.54, 1.807) is 26.2 Å². The van der Waals surface area contributed by atoms with Gasteiger partial charge in [-0.15, -0.1) is 0 Å². The van der Waals surface area contributed by atoms with Gasteiger partial charge < -0.3 is 10.2 Å². The highest BCUT2D eigenvalue weighted by molar-refractivity contribution is 7.89. The Bertz CT molecular complexity index is 641. The summed E-state index contributed by atoms with van der Waals surface area (Å²) in [5.41, 5.74) is 1.87. The number of nitrogens with one attached hydrogen (secondary N) is 1. The van der Waals surface area contributed by atoms with Gasteiger partial charge in [-0.05, 0) is 30.2 Å². The fourth-order valence-corrected chi connectivity index (χ4v) is 3.73. The molecule has 0 aromatic heterocycles. The van der Waals surface area contributed by atoms with E-state index in [0.29, 0.717) is 17.9 Å². The van der Waals surface area contributed by atoms with E-state index in [4.69, 9.17) is 0 Å². The number of likely N-dealkylation sites (N-methyl/N-ethyl adjacent to an activating group) is 2. The van der Waals surface area contributed by atoms with Gasteiger partial charge >= 0.3 is 0 Å². The molecule has 1 aliphatic rings. The van der Waals surface area contributed by atoms with Crippen LogP contribution in [0.4, 0.5) is 0 Å². The largest absolute Gasteiger partial charge is 0.348 e. The van der Waals surface area contributed by atoms with E-state index in [0.717, 1.165) is 22.0 Å². The molecular weight excluding hydrogens is 290 g/mol. The third-order valence-corrected chi connectivity index (χ3v) is 5.53. The molecule has 2 rings (SSSR count). The Hall–Kier alpha value is -1.44. The van der Waals surface area contributed by atoms with Gasteiger partial charge in [0.05, 0.1) is 11.4 Å². The molecule has 7 heteroatoms. The van der Waals surface area contributed by atoms with Crippen LogP contribution in [0.3, 0.4) is 0 Å². The first-order valence-corrected chi connectivity index (χ1v) is 8.26. The Labute approximate surface area is 125 Å². The van der Waals surface area contributed by atoms with Gasteiger partial charge in [-0.2, -0.15) is 4.31 Å². The van der Waals surface area contributed by atoms with Crippen molar-refractivity contribution in [3.8, 4) is 0 Å². The maximum Gasteiger partial charge on any atom is 0.243 e. The maximum absolute atomic E-state index is 12.7. The van der Waals surface area contributed by atoms with Gasteiger partial charge in [-0.3, -0.25) is 4.79 Å². The Kier molecular flexibility index (Phi) is 4.65. The number of rotatable bonds is 4. The summed E-state index contributed by atoms with van der Waals surface area (Å²) < 4.78 is 26.5. The van der Waals surface area contributed by atoms with Gasteiger partial charge in [0.2, 0.25) is 15.9 Å². The number of amides is 1. The number of benzene rings is 1. The lowest BCUT2D eigenvalue weighted by Gasteiger charge is -2.24. The van der Waals surface area contributed by atoms with Crippen molar-refractivity contribution in [3.63, 3.8) is 0 Å². The lowest BCUT2D eigenvalue weighted by molar-refractivity contribution is -0.128. The second kappa shape index (κ2) is 6.13. The average Bonchev–Trinajstić information content (AvgIpc) is 2.46. The molecule has 1 N–H and O–H groups in total. The summed E-state index contributed by atoms with van der Waals surface area (Å²) >= 11 is 0. The molecule has 0 fully saturated rings. The monoisotopic (exact) mass is 311 g/mol. The van der Waals surface area contributed by atoms with E-state index in [2.05, 4.69) is 5.32 Å². The van der Waals surface area contributed by atoms with Gasteiger partial charge in [0.1, 0.15) is 0 Å². The number of carbonyl (C=O) groups excluding carboxylic acids is 1. The number of hydrogen-bond acceptors (Lipinski definition) is 4. The van der Waals surface area contributed by atoms with Crippen LogP contribution in [0.5, 0.6) is 0 Å². The van der Waals surface area contributed by atoms with Crippen molar-refractivity contribution >= 4 is 15.9 Å². The fourth-order valence-electron chi connectivity index (χ4n) is 2.32. The minimum atomic E-state index is -3.65. The Balaban J connectivity index is 2.34. The summed E-state index contributed by atoms with van der Waals surface area (Å²) in [7, 11) is 1.01. The topological polar surface area (TPSA) is 69.7 Å². The van der Waals surface area contributed by atoms with Crippen molar-refractivity contribution in [2.75, 3.05) is 34.2 Å². The predicted octanol–water partition coefficient (Wildman–Crippen LogP) is 0.0410. The molecule has 6 nitrogen and oxygen atoms in total. The quantitative estimate of drug-likeness (QED) is 0.852. The fraction of sp³-hybridized carbons (Fsp3) is 0.500. The highest BCUT2D eigenvalue weighted by atomic mass is 32.2.